The third-order valence-corrected chi connectivity index (χ3v) is 6.61. The molecule has 1 aliphatic heterocycles. The lowest BCUT2D eigenvalue weighted by Crippen LogP contribution is -2.63. The summed E-state index contributed by atoms with van der Waals surface area (Å²) in [6.45, 7) is 2.02. The first kappa shape index (κ1) is 23.4. The van der Waals surface area contributed by atoms with Crippen LogP contribution in [0.4, 0.5) is 11.6 Å². The van der Waals surface area contributed by atoms with Crippen molar-refractivity contribution >= 4 is 39.2 Å². The van der Waals surface area contributed by atoms with Crippen molar-refractivity contribution in [3.63, 3.8) is 0 Å². The fraction of sp³-hybridized carbons (Fsp3) is 0.381. The number of ether oxygens (including phenoxy) is 1. The summed E-state index contributed by atoms with van der Waals surface area (Å²) in [5.74, 6) is -0.366. The van der Waals surface area contributed by atoms with E-state index in [4.69, 9.17) is 4.74 Å². The van der Waals surface area contributed by atoms with E-state index in [1.807, 2.05) is 11.4 Å². The standard InChI is InChI=1S/C21H22N6O6S/c1-2-33-19(28)21(23-12-14-4-3-5-16(10-14)26(29)30)7-8-25(17(11-21)27(31)32)20-22-13-15-6-9-34-18(15)24-20/h3-6,9-10,13,17,23H,2,7-8,11-12H2,1H3. The van der Waals surface area contributed by atoms with Crippen LogP contribution >= 0.6 is 11.3 Å². The van der Waals surface area contributed by atoms with Gasteiger partial charge in [-0.1, -0.05) is 12.1 Å². The number of carbonyl (C=O) groups is 1. The second-order valence-electron chi connectivity index (χ2n) is 7.85. The Bertz CT molecular complexity index is 1240. The average Bonchev–Trinajstić information content (AvgIpc) is 3.31. The number of nitro benzene ring substituents is 1. The average molecular weight is 487 g/mol. The van der Waals surface area contributed by atoms with Gasteiger partial charge in [0.05, 0.1) is 18.0 Å². The van der Waals surface area contributed by atoms with E-state index in [9.17, 15) is 25.0 Å². The molecule has 2 aromatic heterocycles. The number of nitrogens with zero attached hydrogens (tertiary/aromatic N) is 5. The number of fused-ring (bicyclic) bond motifs is 1. The van der Waals surface area contributed by atoms with Crippen LogP contribution in [0.3, 0.4) is 0 Å². The Labute approximate surface area is 197 Å². The molecule has 0 bridgehead atoms. The molecule has 0 spiro atoms. The quantitative estimate of drug-likeness (QED) is 0.285. The molecule has 12 nitrogen and oxygen atoms in total. The first-order valence-electron chi connectivity index (χ1n) is 10.6. The van der Waals surface area contributed by atoms with Gasteiger partial charge in [0.1, 0.15) is 10.4 Å². The second kappa shape index (κ2) is 9.65. The summed E-state index contributed by atoms with van der Waals surface area (Å²) in [5.41, 5.74) is -0.852. The van der Waals surface area contributed by atoms with Crippen molar-refractivity contribution in [2.24, 2.45) is 0 Å². The number of esters is 1. The highest BCUT2D eigenvalue weighted by Crippen LogP contribution is 2.32. The summed E-state index contributed by atoms with van der Waals surface area (Å²) in [4.78, 5) is 46.2. The van der Waals surface area contributed by atoms with E-state index < -0.39 is 27.5 Å². The number of benzene rings is 1. The van der Waals surface area contributed by atoms with Crippen LogP contribution in [0, 0.1) is 20.2 Å². The molecule has 0 aliphatic carbocycles. The number of hydrogen-bond donors (Lipinski definition) is 1. The van der Waals surface area contributed by atoms with Crippen LogP contribution in [0.5, 0.6) is 0 Å². The summed E-state index contributed by atoms with van der Waals surface area (Å²) >= 11 is 1.41. The van der Waals surface area contributed by atoms with Crippen LogP contribution in [0.1, 0.15) is 25.3 Å². The maximum atomic E-state index is 13.0. The molecular formula is C21H22N6O6S. The van der Waals surface area contributed by atoms with Gasteiger partial charge >= 0.3 is 5.97 Å². The molecule has 13 heteroatoms. The molecule has 3 aromatic rings. The third-order valence-electron chi connectivity index (χ3n) is 5.78. The largest absolute Gasteiger partial charge is 0.465 e. The lowest BCUT2D eigenvalue weighted by atomic mass is 9.85. The van der Waals surface area contributed by atoms with Gasteiger partial charge in [-0.3, -0.25) is 35.2 Å². The predicted molar refractivity (Wildman–Crippen MR) is 124 cm³/mol. The molecule has 0 amide bonds. The van der Waals surface area contributed by atoms with Gasteiger partial charge in [-0.2, -0.15) is 0 Å². The Morgan fingerprint density at radius 3 is 2.91 bits per heavy atom. The maximum Gasteiger partial charge on any atom is 0.326 e. The van der Waals surface area contributed by atoms with Gasteiger partial charge in [-0.25, -0.2) is 9.97 Å². The fourth-order valence-electron chi connectivity index (χ4n) is 4.03. The number of non-ortho nitro benzene ring substituents is 1. The van der Waals surface area contributed by atoms with E-state index in [0.29, 0.717) is 5.56 Å². The summed E-state index contributed by atoms with van der Waals surface area (Å²) in [6, 6.07) is 7.87. The first-order valence-corrected chi connectivity index (χ1v) is 11.5. The first-order chi connectivity index (χ1) is 16.3. The Balaban J connectivity index is 1.61. The number of hydrogen-bond acceptors (Lipinski definition) is 11. The van der Waals surface area contributed by atoms with Crippen molar-refractivity contribution < 1.29 is 19.4 Å². The minimum absolute atomic E-state index is 0.0800. The Hall–Kier alpha value is -3.71. The van der Waals surface area contributed by atoms with Gasteiger partial charge in [0.15, 0.2) is 0 Å². The van der Waals surface area contributed by atoms with Crippen molar-refractivity contribution in [2.45, 2.75) is 38.0 Å². The summed E-state index contributed by atoms with van der Waals surface area (Å²) < 4.78 is 5.27. The minimum atomic E-state index is -1.35. The number of anilines is 1. The lowest BCUT2D eigenvalue weighted by molar-refractivity contribution is -0.526. The summed E-state index contributed by atoms with van der Waals surface area (Å²) in [6.07, 6.45) is 0.378. The highest BCUT2D eigenvalue weighted by molar-refractivity contribution is 7.16. The molecule has 34 heavy (non-hydrogen) atoms. The van der Waals surface area contributed by atoms with Gasteiger partial charge in [0.2, 0.25) is 5.95 Å². The molecule has 4 rings (SSSR count). The molecular weight excluding hydrogens is 464 g/mol. The highest BCUT2D eigenvalue weighted by Gasteiger charge is 2.51. The fourth-order valence-corrected chi connectivity index (χ4v) is 4.76. The van der Waals surface area contributed by atoms with E-state index in [2.05, 4.69) is 15.3 Å². The number of nitrogens with one attached hydrogen (secondary N) is 1. The zero-order valence-electron chi connectivity index (χ0n) is 18.2. The van der Waals surface area contributed by atoms with Crippen molar-refractivity contribution in [1.82, 2.24) is 15.3 Å². The van der Waals surface area contributed by atoms with Crippen molar-refractivity contribution in [3.8, 4) is 0 Å². The smallest absolute Gasteiger partial charge is 0.326 e. The van der Waals surface area contributed by atoms with Crippen molar-refractivity contribution in [3.05, 3.63) is 67.7 Å². The maximum absolute atomic E-state index is 13.0. The number of carbonyl (C=O) groups excluding carboxylic acids is 1. The van der Waals surface area contributed by atoms with E-state index in [0.717, 1.165) is 10.2 Å². The molecule has 2 unspecified atom stereocenters. The molecule has 1 aliphatic rings. The van der Waals surface area contributed by atoms with Crippen molar-refractivity contribution in [1.29, 1.82) is 0 Å². The monoisotopic (exact) mass is 486 g/mol. The predicted octanol–water partition coefficient (Wildman–Crippen LogP) is 2.89. The second-order valence-corrected chi connectivity index (χ2v) is 8.74. The van der Waals surface area contributed by atoms with Gasteiger partial charge in [0.25, 0.3) is 11.9 Å². The van der Waals surface area contributed by atoms with Gasteiger partial charge in [-0.05, 0) is 30.4 Å². The Morgan fingerprint density at radius 1 is 1.35 bits per heavy atom. The van der Waals surface area contributed by atoms with Crippen LogP contribution in [0.2, 0.25) is 0 Å². The molecule has 2 atom stereocenters. The summed E-state index contributed by atoms with van der Waals surface area (Å²) in [5, 5.41) is 29.0. The minimum Gasteiger partial charge on any atom is -0.465 e. The zero-order chi connectivity index (χ0) is 24.3. The number of rotatable bonds is 8. The van der Waals surface area contributed by atoms with E-state index in [-0.39, 0.29) is 44.2 Å². The van der Waals surface area contributed by atoms with E-state index in [1.165, 1.54) is 28.4 Å². The molecule has 1 N–H and O–H groups in total. The van der Waals surface area contributed by atoms with Gasteiger partial charge < -0.3 is 4.74 Å². The van der Waals surface area contributed by atoms with E-state index in [1.54, 1.807) is 25.3 Å². The molecule has 1 aromatic carbocycles. The number of aromatic nitrogens is 2. The Morgan fingerprint density at radius 2 is 2.18 bits per heavy atom. The molecule has 0 radical (unpaired) electrons. The van der Waals surface area contributed by atoms with Crippen LogP contribution in [-0.4, -0.2) is 50.6 Å². The van der Waals surface area contributed by atoms with Crippen LogP contribution < -0.4 is 10.2 Å². The molecule has 0 saturated carbocycles. The number of nitro groups is 2. The van der Waals surface area contributed by atoms with Crippen LogP contribution in [0.15, 0.2) is 41.9 Å². The van der Waals surface area contributed by atoms with Crippen LogP contribution in [-0.2, 0) is 16.1 Å². The van der Waals surface area contributed by atoms with Crippen LogP contribution in [0.25, 0.3) is 10.2 Å². The van der Waals surface area contributed by atoms with Gasteiger partial charge in [0, 0.05) is 41.7 Å². The molecule has 178 valence electrons. The third kappa shape index (κ3) is 4.65. The van der Waals surface area contributed by atoms with Gasteiger partial charge in [-0.15, -0.1) is 11.3 Å². The molecule has 3 heterocycles. The SMILES string of the molecule is CCOC(=O)C1(NCc2cccc([N+](=O)[O-])c2)CCN(c2ncc3ccsc3n2)C([N+](=O)[O-])C1. The number of piperidine rings is 1. The topological polar surface area (TPSA) is 154 Å². The Kier molecular flexibility index (Phi) is 6.65. The normalized spacial score (nSPS) is 20.3. The molecule has 1 saturated heterocycles. The number of thiophene rings is 1. The zero-order valence-corrected chi connectivity index (χ0v) is 19.1. The van der Waals surface area contributed by atoms with E-state index >= 15 is 0 Å². The highest BCUT2D eigenvalue weighted by atomic mass is 32.1. The molecule has 1 fully saturated rings. The summed E-state index contributed by atoms with van der Waals surface area (Å²) in [7, 11) is 0. The van der Waals surface area contributed by atoms with Crippen molar-refractivity contribution in [2.75, 3.05) is 18.1 Å². The lowest BCUT2D eigenvalue weighted by Gasteiger charge is -2.41.